The number of non-ortho nitro benzene ring substituents is 1. The average molecular weight is 286 g/mol. The lowest BCUT2D eigenvalue weighted by molar-refractivity contribution is -0.384. The monoisotopic (exact) mass is 286 g/mol. The van der Waals surface area contributed by atoms with Crippen LogP contribution in [-0.4, -0.2) is 17.0 Å². The van der Waals surface area contributed by atoms with Crippen LogP contribution >= 0.6 is 11.3 Å². The summed E-state index contributed by atoms with van der Waals surface area (Å²) in [4.78, 5) is 14.8. The predicted molar refractivity (Wildman–Crippen MR) is 78.3 cm³/mol. The molecule has 0 saturated carbocycles. The van der Waals surface area contributed by atoms with E-state index in [1.165, 1.54) is 17.4 Å². The number of rotatable bonds is 3. The molecule has 0 aliphatic heterocycles. The van der Waals surface area contributed by atoms with Gasteiger partial charge < -0.3 is 4.74 Å². The lowest BCUT2D eigenvalue weighted by Gasteiger charge is -2.06. The standard InChI is InChI=1S/C14H10N2O3S/c1-19-12-6-5-11(14-13(12)15-8-20-14)9-3-2-4-10(7-9)16(17)18/h2-8H,1H3. The maximum Gasteiger partial charge on any atom is 0.270 e. The normalized spacial score (nSPS) is 10.7. The third-order valence-corrected chi connectivity index (χ3v) is 3.89. The van der Waals surface area contributed by atoms with Gasteiger partial charge in [-0.1, -0.05) is 12.1 Å². The minimum atomic E-state index is -0.392. The highest BCUT2D eigenvalue weighted by molar-refractivity contribution is 7.17. The number of nitrogens with zero attached hydrogens (tertiary/aromatic N) is 2. The van der Waals surface area contributed by atoms with Crippen molar-refractivity contribution >= 4 is 27.2 Å². The predicted octanol–water partition coefficient (Wildman–Crippen LogP) is 3.88. The molecule has 0 radical (unpaired) electrons. The first kappa shape index (κ1) is 12.6. The van der Waals surface area contributed by atoms with Gasteiger partial charge >= 0.3 is 0 Å². The minimum absolute atomic E-state index is 0.0796. The molecule has 5 nitrogen and oxygen atoms in total. The van der Waals surface area contributed by atoms with Crippen LogP contribution in [0, 0.1) is 10.1 Å². The Balaban J connectivity index is 2.22. The van der Waals surface area contributed by atoms with E-state index in [-0.39, 0.29) is 5.69 Å². The van der Waals surface area contributed by atoms with Gasteiger partial charge in [0.15, 0.2) is 0 Å². The molecule has 1 heterocycles. The molecule has 0 fully saturated rings. The summed E-state index contributed by atoms with van der Waals surface area (Å²) in [5, 5.41) is 10.9. The molecule has 0 bridgehead atoms. The van der Waals surface area contributed by atoms with Gasteiger partial charge in [0.2, 0.25) is 0 Å². The Morgan fingerprint density at radius 1 is 1.30 bits per heavy atom. The summed E-state index contributed by atoms with van der Waals surface area (Å²) in [5.41, 5.74) is 4.33. The van der Waals surface area contributed by atoms with E-state index in [2.05, 4.69) is 4.98 Å². The summed E-state index contributed by atoms with van der Waals surface area (Å²) in [5.74, 6) is 0.704. The van der Waals surface area contributed by atoms with Crippen LogP contribution in [0.5, 0.6) is 5.75 Å². The quantitative estimate of drug-likeness (QED) is 0.541. The molecule has 1 aromatic heterocycles. The van der Waals surface area contributed by atoms with E-state index in [9.17, 15) is 10.1 Å². The third kappa shape index (κ3) is 2.00. The highest BCUT2D eigenvalue weighted by Gasteiger charge is 2.13. The van der Waals surface area contributed by atoms with Gasteiger partial charge in [0.25, 0.3) is 5.69 Å². The van der Waals surface area contributed by atoms with Crippen molar-refractivity contribution in [3.63, 3.8) is 0 Å². The number of fused-ring (bicyclic) bond motifs is 1. The topological polar surface area (TPSA) is 65.3 Å². The summed E-state index contributed by atoms with van der Waals surface area (Å²) < 4.78 is 6.24. The van der Waals surface area contributed by atoms with Crippen LogP contribution in [0.2, 0.25) is 0 Å². The molecule has 3 rings (SSSR count). The Morgan fingerprint density at radius 3 is 2.90 bits per heavy atom. The maximum absolute atomic E-state index is 10.9. The van der Waals surface area contributed by atoms with Gasteiger partial charge in [-0.25, -0.2) is 4.98 Å². The van der Waals surface area contributed by atoms with Crippen LogP contribution in [-0.2, 0) is 0 Å². The van der Waals surface area contributed by atoms with E-state index in [4.69, 9.17) is 4.74 Å². The third-order valence-electron chi connectivity index (χ3n) is 3.03. The average Bonchev–Trinajstić information content (AvgIpc) is 2.95. The SMILES string of the molecule is COc1ccc(-c2cccc([N+](=O)[O-])c2)c2scnc12. The van der Waals surface area contributed by atoms with Gasteiger partial charge in [0, 0.05) is 17.7 Å². The Labute approximate surface area is 118 Å². The van der Waals surface area contributed by atoms with Crippen molar-refractivity contribution in [1.82, 2.24) is 4.98 Å². The van der Waals surface area contributed by atoms with E-state index in [1.807, 2.05) is 18.2 Å². The number of aromatic nitrogens is 1. The van der Waals surface area contributed by atoms with Crippen molar-refractivity contribution in [1.29, 1.82) is 0 Å². The Hall–Kier alpha value is -2.47. The fraction of sp³-hybridized carbons (Fsp3) is 0.0714. The summed E-state index contributed by atoms with van der Waals surface area (Å²) in [6.07, 6.45) is 0. The number of thiazole rings is 1. The number of nitro benzene ring substituents is 1. The van der Waals surface area contributed by atoms with E-state index in [0.29, 0.717) is 5.75 Å². The molecular formula is C14H10N2O3S. The second kappa shape index (κ2) is 4.90. The van der Waals surface area contributed by atoms with Crippen molar-refractivity contribution < 1.29 is 9.66 Å². The number of hydrogen-bond donors (Lipinski definition) is 0. The molecule has 0 saturated heterocycles. The maximum atomic E-state index is 10.9. The van der Waals surface area contributed by atoms with Crippen molar-refractivity contribution in [2.24, 2.45) is 0 Å². The van der Waals surface area contributed by atoms with Crippen molar-refractivity contribution in [3.05, 3.63) is 52.0 Å². The Morgan fingerprint density at radius 2 is 2.15 bits per heavy atom. The largest absolute Gasteiger partial charge is 0.494 e. The van der Waals surface area contributed by atoms with Gasteiger partial charge in [0.1, 0.15) is 11.3 Å². The van der Waals surface area contributed by atoms with Crippen molar-refractivity contribution in [2.75, 3.05) is 7.11 Å². The van der Waals surface area contributed by atoms with Crippen LogP contribution in [0.3, 0.4) is 0 Å². The van der Waals surface area contributed by atoms with Gasteiger partial charge in [-0.2, -0.15) is 0 Å². The zero-order chi connectivity index (χ0) is 14.1. The highest BCUT2D eigenvalue weighted by atomic mass is 32.1. The van der Waals surface area contributed by atoms with Crippen LogP contribution in [0.25, 0.3) is 21.3 Å². The molecule has 20 heavy (non-hydrogen) atoms. The molecule has 3 aromatic rings. The highest BCUT2D eigenvalue weighted by Crippen LogP contribution is 2.37. The van der Waals surface area contributed by atoms with Gasteiger partial charge in [-0.05, 0) is 17.7 Å². The van der Waals surface area contributed by atoms with E-state index < -0.39 is 4.92 Å². The molecule has 0 atom stereocenters. The Bertz CT molecular complexity index is 798. The second-order valence-electron chi connectivity index (χ2n) is 4.15. The van der Waals surface area contributed by atoms with Crippen LogP contribution in [0.1, 0.15) is 0 Å². The van der Waals surface area contributed by atoms with Crippen LogP contribution < -0.4 is 4.74 Å². The number of hydrogen-bond acceptors (Lipinski definition) is 5. The lowest BCUT2D eigenvalue weighted by atomic mass is 10.0. The van der Waals surface area contributed by atoms with Crippen molar-refractivity contribution in [3.8, 4) is 16.9 Å². The van der Waals surface area contributed by atoms with E-state index >= 15 is 0 Å². The number of benzene rings is 2. The van der Waals surface area contributed by atoms with Gasteiger partial charge in [0.05, 0.1) is 22.2 Å². The summed E-state index contributed by atoms with van der Waals surface area (Å²) in [7, 11) is 1.60. The van der Waals surface area contributed by atoms with E-state index in [0.717, 1.165) is 21.3 Å². The molecule has 0 aliphatic rings. The van der Waals surface area contributed by atoms with Crippen LogP contribution in [0.4, 0.5) is 5.69 Å². The van der Waals surface area contributed by atoms with Gasteiger partial charge in [-0.15, -0.1) is 11.3 Å². The molecule has 0 N–H and O–H groups in total. The molecule has 100 valence electrons. The zero-order valence-electron chi connectivity index (χ0n) is 10.6. The molecule has 0 spiro atoms. The first-order valence-electron chi connectivity index (χ1n) is 5.85. The fourth-order valence-corrected chi connectivity index (χ4v) is 2.95. The molecule has 0 amide bonds. The lowest BCUT2D eigenvalue weighted by Crippen LogP contribution is -1.89. The van der Waals surface area contributed by atoms with E-state index in [1.54, 1.807) is 24.8 Å². The fourth-order valence-electron chi connectivity index (χ4n) is 2.11. The van der Waals surface area contributed by atoms with Gasteiger partial charge in [-0.3, -0.25) is 10.1 Å². The first-order valence-corrected chi connectivity index (χ1v) is 6.73. The number of nitro groups is 1. The van der Waals surface area contributed by atoms with Crippen molar-refractivity contribution in [2.45, 2.75) is 0 Å². The first-order chi connectivity index (χ1) is 9.70. The number of ether oxygens (including phenoxy) is 1. The summed E-state index contributed by atoms with van der Waals surface area (Å²) in [6, 6.07) is 10.3. The molecular weight excluding hydrogens is 276 g/mol. The summed E-state index contributed by atoms with van der Waals surface area (Å²) >= 11 is 1.49. The number of methoxy groups -OCH3 is 1. The molecule has 0 aliphatic carbocycles. The molecule has 0 unspecified atom stereocenters. The molecule has 6 heteroatoms. The smallest absolute Gasteiger partial charge is 0.270 e. The second-order valence-corrected chi connectivity index (χ2v) is 5.01. The Kier molecular flexibility index (Phi) is 3.08. The zero-order valence-corrected chi connectivity index (χ0v) is 11.4. The molecule has 2 aromatic carbocycles. The van der Waals surface area contributed by atoms with Crippen LogP contribution in [0.15, 0.2) is 41.9 Å². The summed E-state index contributed by atoms with van der Waals surface area (Å²) in [6.45, 7) is 0. The minimum Gasteiger partial charge on any atom is -0.494 e.